The lowest BCUT2D eigenvalue weighted by Gasteiger charge is -2.18. The normalized spacial score (nSPS) is 14.1. The first-order chi connectivity index (χ1) is 9.95. The molecule has 0 amide bonds. The molecule has 1 aromatic carbocycles. The van der Waals surface area contributed by atoms with E-state index in [1.165, 1.54) is 0 Å². The first-order valence-electron chi connectivity index (χ1n) is 6.36. The van der Waals surface area contributed by atoms with Crippen LogP contribution in [0.5, 0.6) is 0 Å². The van der Waals surface area contributed by atoms with Crippen molar-refractivity contribution in [3.63, 3.8) is 0 Å². The molecule has 22 heavy (non-hydrogen) atoms. The average Bonchev–Trinajstić information content (AvgIpc) is 2.36. The van der Waals surface area contributed by atoms with E-state index >= 15 is 0 Å². The number of hydrogen-bond acceptors (Lipinski definition) is 3. The Hall–Kier alpha value is -1.61. The Bertz CT molecular complexity index is 641. The number of carboxylic acid groups (broad SMARTS) is 1. The number of aliphatic carboxylic acids is 1. The zero-order valence-corrected chi connectivity index (χ0v) is 12.7. The van der Waals surface area contributed by atoms with Gasteiger partial charge in [-0.2, -0.15) is 17.9 Å². The van der Waals surface area contributed by atoms with Crippen molar-refractivity contribution < 1.29 is 31.5 Å². The number of rotatable bonds is 6. The number of carbonyl (C=O) groups is 1. The van der Waals surface area contributed by atoms with Gasteiger partial charge in [0.05, 0.1) is 10.5 Å². The summed E-state index contributed by atoms with van der Waals surface area (Å²) in [5, 5.41) is 9.01. The summed E-state index contributed by atoms with van der Waals surface area (Å²) in [6.07, 6.45) is -4.90. The first-order valence-corrected chi connectivity index (χ1v) is 7.85. The average molecular weight is 339 g/mol. The van der Waals surface area contributed by atoms with Gasteiger partial charge in [-0.25, -0.2) is 8.42 Å². The van der Waals surface area contributed by atoms with Gasteiger partial charge in [0.2, 0.25) is 10.0 Å². The van der Waals surface area contributed by atoms with Crippen molar-refractivity contribution in [1.82, 2.24) is 4.72 Å². The minimum atomic E-state index is -4.86. The van der Waals surface area contributed by atoms with E-state index in [4.69, 9.17) is 5.11 Å². The molecule has 0 aliphatic heterocycles. The molecule has 0 aliphatic carbocycles. The van der Waals surface area contributed by atoms with Gasteiger partial charge in [0.15, 0.2) is 0 Å². The van der Waals surface area contributed by atoms with Gasteiger partial charge in [-0.1, -0.05) is 26.0 Å². The van der Waals surface area contributed by atoms with Crippen LogP contribution in [0.4, 0.5) is 13.2 Å². The lowest BCUT2D eigenvalue weighted by Crippen LogP contribution is -2.42. The highest BCUT2D eigenvalue weighted by Crippen LogP contribution is 2.34. The van der Waals surface area contributed by atoms with Crippen molar-refractivity contribution in [1.29, 1.82) is 0 Å². The van der Waals surface area contributed by atoms with Gasteiger partial charge in [0.1, 0.15) is 6.04 Å². The molecule has 0 saturated carbocycles. The molecular formula is C13H16F3NO4S. The molecule has 9 heteroatoms. The van der Waals surface area contributed by atoms with Crippen LogP contribution < -0.4 is 4.72 Å². The number of halogens is 3. The van der Waals surface area contributed by atoms with Crippen molar-refractivity contribution in [2.75, 3.05) is 0 Å². The fraction of sp³-hybridized carbons (Fsp3) is 0.462. The highest BCUT2D eigenvalue weighted by molar-refractivity contribution is 7.89. The number of benzene rings is 1. The first kappa shape index (κ1) is 18.4. The zero-order valence-electron chi connectivity index (χ0n) is 11.9. The predicted octanol–water partition coefficient (Wildman–Crippen LogP) is 2.48. The Morgan fingerprint density at radius 2 is 1.82 bits per heavy atom. The highest BCUT2D eigenvalue weighted by Gasteiger charge is 2.38. The summed E-state index contributed by atoms with van der Waals surface area (Å²) < 4.78 is 64.7. The predicted molar refractivity (Wildman–Crippen MR) is 72.6 cm³/mol. The lowest BCUT2D eigenvalue weighted by atomic mass is 10.1. The Balaban J connectivity index is 3.22. The van der Waals surface area contributed by atoms with E-state index in [-0.39, 0.29) is 12.3 Å². The van der Waals surface area contributed by atoms with E-state index in [0.29, 0.717) is 6.07 Å². The number of carboxylic acids is 1. The summed E-state index contributed by atoms with van der Waals surface area (Å²) in [4.78, 5) is 10.1. The molecule has 0 heterocycles. The van der Waals surface area contributed by atoms with Crippen LogP contribution in [-0.4, -0.2) is 25.5 Å². The minimum absolute atomic E-state index is 0.0389. The molecule has 0 fully saturated rings. The van der Waals surface area contributed by atoms with Crippen LogP contribution >= 0.6 is 0 Å². The topological polar surface area (TPSA) is 83.5 Å². The van der Waals surface area contributed by atoms with Crippen LogP contribution in [0.2, 0.25) is 0 Å². The molecule has 5 nitrogen and oxygen atoms in total. The molecule has 0 spiro atoms. The van der Waals surface area contributed by atoms with Crippen LogP contribution in [-0.2, 0) is 21.0 Å². The van der Waals surface area contributed by atoms with E-state index < -0.39 is 38.7 Å². The summed E-state index contributed by atoms with van der Waals surface area (Å²) in [5.74, 6) is -1.59. The molecule has 0 saturated heterocycles. The van der Waals surface area contributed by atoms with Crippen LogP contribution in [0.15, 0.2) is 29.2 Å². The maximum absolute atomic E-state index is 12.9. The summed E-state index contributed by atoms with van der Waals surface area (Å²) >= 11 is 0. The molecule has 0 unspecified atom stereocenters. The summed E-state index contributed by atoms with van der Waals surface area (Å²) in [5.41, 5.74) is -1.34. The van der Waals surface area contributed by atoms with Gasteiger partial charge in [-0.3, -0.25) is 4.79 Å². The van der Waals surface area contributed by atoms with Crippen LogP contribution in [0, 0.1) is 5.92 Å². The molecule has 0 aromatic heterocycles. The number of nitrogens with one attached hydrogen (secondary N) is 1. The maximum Gasteiger partial charge on any atom is 0.417 e. The van der Waals surface area contributed by atoms with Crippen LogP contribution in [0.25, 0.3) is 0 Å². The standard InChI is InChI=1S/C13H16F3NO4S/c1-8(2)7-10(12(18)19)17-22(20,21)11-6-4-3-5-9(11)13(14,15)16/h3-6,8,10,17H,7H2,1-2H3,(H,18,19)/t10-/m1/s1. The monoisotopic (exact) mass is 339 g/mol. The molecule has 0 aliphatic rings. The van der Waals surface area contributed by atoms with Crippen molar-refractivity contribution in [3.8, 4) is 0 Å². The summed E-state index contributed by atoms with van der Waals surface area (Å²) in [7, 11) is -4.61. The third-order valence-electron chi connectivity index (χ3n) is 2.78. The Morgan fingerprint density at radius 3 is 2.27 bits per heavy atom. The van der Waals surface area contributed by atoms with Gasteiger partial charge >= 0.3 is 12.1 Å². The van der Waals surface area contributed by atoms with Gasteiger partial charge < -0.3 is 5.11 Å². The largest absolute Gasteiger partial charge is 0.480 e. The van der Waals surface area contributed by atoms with Crippen molar-refractivity contribution in [2.24, 2.45) is 5.92 Å². The second kappa shape index (κ2) is 6.66. The Labute approximate surface area is 126 Å². The minimum Gasteiger partial charge on any atom is -0.480 e. The fourth-order valence-corrected chi connectivity index (χ4v) is 3.29. The van der Waals surface area contributed by atoms with Gasteiger partial charge in [0.25, 0.3) is 0 Å². The Morgan fingerprint density at radius 1 is 1.27 bits per heavy atom. The SMILES string of the molecule is CC(C)C[C@@H](NS(=O)(=O)c1ccccc1C(F)(F)F)C(=O)O. The molecule has 1 rings (SSSR count). The number of sulfonamides is 1. The summed E-state index contributed by atoms with van der Waals surface area (Å²) in [6.45, 7) is 3.35. The second-order valence-electron chi connectivity index (χ2n) is 5.14. The smallest absolute Gasteiger partial charge is 0.417 e. The van der Waals surface area contributed by atoms with Crippen molar-refractivity contribution in [2.45, 2.75) is 37.4 Å². The van der Waals surface area contributed by atoms with E-state index in [1.807, 2.05) is 4.72 Å². The van der Waals surface area contributed by atoms with Crippen LogP contribution in [0.3, 0.4) is 0 Å². The van der Waals surface area contributed by atoms with E-state index in [1.54, 1.807) is 13.8 Å². The van der Waals surface area contributed by atoms with Crippen molar-refractivity contribution in [3.05, 3.63) is 29.8 Å². The molecule has 124 valence electrons. The quantitative estimate of drug-likeness (QED) is 0.834. The molecule has 0 radical (unpaired) electrons. The van der Waals surface area contributed by atoms with Gasteiger partial charge in [-0.15, -0.1) is 0 Å². The molecule has 2 N–H and O–H groups in total. The zero-order chi connectivity index (χ0) is 17.1. The van der Waals surface area contributed by atoms with Crippen molar-refractivity contribution >= 4 is 16.0 Å². The fourth-order valence-electron chi connectivity index (χ4n) is 1.86. The molecule has 1 aromatic rings. The molecular weight excluding hydrogens is 323 g/mol. The number of alkyl halides is 3. The van der Waals surface area contributed by atoms with E-state index in [0.717, 1.165) is 18.2 Å². The highest BCUT2D eigenvalue weighted by atomic mass is 32.2. The van der Waals surface area contributed by atoms with Crippen LogP contribution in [0.1, 0.15) is 25.8 Å². The molecule has 1 atom stereocenters. The van der Waals surface area contributed by atoms with Gasteiger partial charge in [-0.05, 0) is 24.5 Å². The molecule has 0 bridgehead atoms. The van der Waals surface area contributed by atoms with E-state index in [9.17, 15) is 26.4 Å². The third-order valence-corrected chi connectivity index (χ3v) is 4.31. The summed E-state index contributed by atoms with van der Waals surface area (Å²) in [6, 6.07) is 2.13. The Kier molecular flexibility index (Phi) is 5.58. The second-order valence-corrected chi connectivity index (χ2v) is 6.82. The number of hydrogen-bond donors (Lipinski definition) is 2. The van der Waals surface area contributed by atoms with Gasteiger partial charge in [0, 0.05) is 0 Å². The third kappa shape index (κ3) is 4.70. The van der Waals surface area contributed by atoms with E-state index in [2.05, 4.69) is 0 Å². The maximum atomic E-state index is 12.9. The lowest BCUT2D eigenvalue weighted by molar-refractivity contribution is -0.140.